The summed E-state index contributed by atoms with van der Waals surface area (Å²) in [4.78, 5) is 11.8. The van der Waals surface area contributed by atoms with E-state index in [4.69, 9.17) is 9.47 Å². The van der Waals surface area contributed by atoms with Crippen LogP contribution in [0.15, 0.2) is 42.5 Å². The van der Waals surface area contributed by atoms with E-state index in [-0.39, 0.29) is 11.9 Å². The van der Waals surface area contributed by atoms with Crippen LogP contribution in [0.2, 0.25) is 0 Å². The second-order valence-electron chi connectivity index (χ2n) is 5.05. The van der Waals surface area contributed by atoms with E-state index in [1.54, 1.807) is 13.2 Å². The normalized spacial score (nSPS) is 17.3. The number of hydrogen-bond acceptors (Lipinski definition) is 3. The molecular weight excluding hydrogens is 252 g/mol. The largest absolute Gasteiger partial charge is 0.497 e. The van der Waals surface area contributed by atoms with Gasteiger partial charge in [0.25, 0.3) is 0 Å². The Morgan fingerprint density at radius 3 is 2.60 bits per heavy atom. The molecule has 0 spiro atoms. The molecule has 0 saturated heterocycles. The summed E-state index contributed by atoms with van der Waals surface area (Å²) in [5, 5.41) is 0. The number of rotatable bonds is 2. The van der Waals surface area contributed by atoms with Gasteiger partial charge in [-0.05, 0) is 30.7 Å². The first-order chi connectivity index (χ1) is 9.67. The van der Waals surface area contributed by atoms with E-state index in [2.05, 4.69) is 31.2 Å². The highest BCUT2D eigenvalue weighted by atomic mass is 16.5. The van der Waals surface area contributed by atoms with Gasteiger partial charge in [0.2, 0.25) is 0 Å². The van der Waals surface area contributed by atoms with E-state index >= 15 is 0 Å². The smallest absolute Gasteiger partial charge is 0.312 e. The van der Waals surface area contributed by atoms with Gasteiger partial charge in [-0.3, -0.25) is 4.79 Å². The highest BCUT2D eigenvalue weighted by Crippen LogP contribution is 2.40. The predicted molar refractivity (Wildman–Crippen MR) is 76.3 cm³/mol. The Bertz CT molecular complexity index is 644. The molecule has 0 saturated carbocycles. The van der Waals surface area contributed by atoms with Gasteiger partial charge in [-0.15, -0.1) is 0 Å². The Morgan fingerprint density at radius 2 is 1.90 bits per heavy atom. The number of aryl methyl sites for hydroxylation is 1. The fourth-order valence-electron chi connectivity index (χ4n) is 2.56. The Labute approximate surface area is 118 Å². The van der Waals surface area contributed by atoms with Gasteiger partial charge in [0.15, 0.2) is 0 Å². The predicted octanol–water partition coefficient (Wildman–Crippen LogP) is 3.44. The van der Waals surface area contributed by atoms with E-state index in [1.807, 2.05) is 12.1 Å². The summed E-state index contributed by atoms with van der Waals surface area (Å²) in [6.45, 7) is 2.05. The van der Waals surface area contributed by atoms with Gasteiger partial charge in [0.05, 0.1) is 13.5 Å². The summed E-state index contributed by atoms with van der Waals surface area (Å²) in [6, 6.07) is 13.8. The molecule has 1 aliphatic rings. The zero-order valence-electron chi connectivity index (χ0n) is 11.6. The third-order valence-electron chi connectivity index (χ3n) is 3.67. The zero-order valence-corrected chi connectivity index (χ0v) is 11.6. The van der Waals surface area contributed by atoms with Gasteiger partial charge in [-0.1, -0.05) is 29.8 Å². The highest BCUT2D eigenvalue weighted by molar-refractivity contribution is 5.77. The maximum Gasteiger partial charge on any atom is 0.312 e. The first-order valence-electron chi connectivity index (χ1n) is 6.62. The molecule has 20 heavy (non-hydrogen) atoms. The van der Waals surface area contributed by atoms with Crippen molar-refractivity contribution in [2.24, 2.45) is 0 Å². The summed E-state index contributed by atoms with van der Waals surface area (Å²) in [5.74, 6) is 1.25. The number of carbonyl (C=O) groups is 1. The van der Waals surface area contributed by atoms with Crippen LogP contribution in [-0.2, 0) is 4.79 Å². The molecule has 2 aromatic rings. The molecule has 3 nitrogen and oxygen atoms in total. The number of ether oxygens (including phenoxy) is 2. The quantitative estimate of drug-likeness (QED) is 0.618. The fourth-order valence-corrected chi connectivity index (χ4v) is 2.56. The van der Waals surface area contributed by atoms with Crippen LogP contribution in [-0.4, -0.2) is 13.1 Å². The second kappa shape index (κ2) is 5.00. The number of benzene rings is 2. The molecule has 102 valence electrons. The molecule has 1 atom stereocenters. The van der Waals surface area contributed by atoms with Crippen molar-refractivity contribution in [3.63, 3.8) is 0 Å². The molecule has 3 heteroatoms. The molecule has 0 bridgehead atoms. The van der Waals surface area contributed by atoms with Crippen molar-refractivity contribution >= 4 is 5.97 Å². The van der Waals surface area contributed by atoms with Crippen molar-refractivity contribution < 1.29 is 14.3 Å². The Kier molecular flexibility index (Phi) is 3.18. The van der Waals surface area contributed by atoms with E-state index in [0.717, 1.165) is 16.9 Å². The molecule has 0 aromatic heterocycles. The first kappa shape index (κ1) is 12.7. The van der Waals surface area contributed by atoms with Crippen LogP contribution < -0.4 is 9.47 Å². The SMILES string of the molecule is COc1ccc2c(c1)[C@@H](c1ccc(C)cc1)CC(=O)O2. The second-order valence-corrected chi connectivity index (χ2v) is 5.05. The summed E-state index contributed by atoms with van der Waals surface area (Å²) in [7, 11) is 1.64. The standard InChI is InChI=1S/C17H16O3/c1-11-3-5-12(6-4-11)14-10-17(18)20-16-8-7-13(19-2)9-15(14)16/h3-9,14H,10H2,1-2H3/t14-/m1/s1. The Hall–Kier alpha value is -2.29. The van der Waals surface area contributed by atoms with Gasteiger partial charge >= 0.3 is 5.97 Å². The van der Waals surface area contributed by atoms with Crippen molar-refractivity contribution in [2.45, 2.75) is 19.3 Å². The van der Waals surface area contributed by atoms with Crippen LogP contribution in [0, 0.1) is 6.92 Å². The minimum absolute atomic E-state index is 0.0296. The molecule has 0 unspecified atom stereocenters. The lowest BCUT2D eigenvalue weighted by atomic mass is 9.86. The molecule has 1 aliphatic heterocycles. The van der Waals surface area contributed by atoms with Crippen LogP contribution >= 0.6 is 0 Å². The van der Waals surface area contributed by atoms with Crippen LogP contribution in [0.4, 0.5) is 0 Å². The van der Waals surface area contributed by atoms with E-state index in [1.165, 1.54) is 5.56 Å². The van der Waals surface area contributed by atoms with Crippen molar-refractivity contribution in [3.05, 3.63) is 59.2 Å². The van der Waals surface area contributed by atoms with Crippen molar-refractivity contribution in [1.29, 1.82) is 0 Å². The molecule has 3 rings (SSSR count). The molecular formula is C17H16O3. The topological polar surface area (TPSA) is 35.5 Å². The third-order valence-corrected chi connectivity index (χ3v) is 3.67. The van der Waals surface area contributed by atoms with Gasteiger partial charge < -0.3 is 9.47 Å². The maximum atomic E-state index is 11.8. The average Bonchev–Trinajstić information content (AvgIpc) is 2.47. The lowest BCUT2D eigenvalue weighted by molar-refractivity contribution is -0.135. The number of methoxy groups -OCH3 is 1. The maximum absolute atomic E-state index is 11.8. The highest BCUT2D eigenvalue weighted by Gasteiger charge is 2.28. The fraction of sp³-hybridized carbons (Fsp3) is 0.235. The van der Waals surface area contributed by atoms with Crippen molar-refractivity contribution in [1.82, 2.24) is 0 Å². The molecule has 0 radical (unpaired) electrons. The summed E-state index contributed by atoms with van der Waals surface area (Å²) >= 11 is 0. The summed E-state index contributed by atoms with van der Waals surface area (Å²) < 4.78 is 10.6. The number of hydrogen-bond donors (Lipinski definition) is 0. The van der Waals surface area contributed by atoms with E-state index in [9.17, 15) is 4.79 Å². The Morgan fingerprint density at radius 1 is 1.15 bits per heavy atom. The molecule has 0 aliphatic carbocycles. The Balaban J connectivity index is 2.08. The first-order valence-corrected chi connectivity index (χ1v) is 6.62. The number of carbonyl (C=O) groups excluding carboxylic acids is 1. The monoisotopic (exact) mass is 268 g/mol. The average molecular weight is 268 g/mol. The molecule has 1 heterocycles. The molecule has 0 amide bonds. The molecule has 0 fully saturated rings. The third kappa shape index (κ3) is 2.27. The van der Waals surface area contributed by atoms with Crippen LogP contribution in [0.25, 0.3) is 0 Å². The van der Waals surface area contributed by atoms with Crippen LogP contribution in [0.3, 0.4) is 0 Å². The van der Waals surface area contributed by atoms with Gasteiger partial charge in [-0.2, -0.15) is 0 Å². The minimum Gasteiger partial charge on any atom is -0.497 e. The number of esters is 1. The van der Waals surface area contributed by atoms with Crippen LogP contribution in [0.5, 0.6) is 11.5 Å². The lowest BCUT2D eigenvalue weighted by Crippen LogP contribution is -2.21. The van der Waals surface area contributed by atoms with Crippen LogP contribution in [0.1, 0.15) is 29.0 Å². The number of fused-ring (bicyclic) bond motifs is 1. The summed E-state index contributed by atoms with van der Waals surface area (Å²) in [5.41, 5.74) is 3.34. The van der Waals surface area contributed by atoms with Crippen molar-refractivity contribution in [3.8, 4) is 11.5 Å². The lowest BCUT2D eigenvalue weighted by Gasteiger charge is -2.25. The summed E-state index contributed by atoms with van der Waals surface area (Å²) in [6.07, 6.45) is 0.364. The minimum atomic E-state index is -0.187. The zero-order chi connectivity index (χ0) is 14.1. The van der Waals surface area contributed by atoms with Gasteiger partial charge in [0.1, 0.15) is 11.5 Å². The van der Waals surface area contributed by atoms with Crippen molar-refractivity contribution in [2.75, 3.05) is 7.11 Å². The molecule has 2 aromatic carbocycles. The van der Waals surface area contributed by atoms with E-state index in [0.29, 0.717) is 12.2 Å². The molecule has 0 N–H and O–H groups in total. The van der Waals surface area contributed by atoms with Gasteiger partial charge in [-0.25, -0.2) is 0 Å². The van der Waals surface area contributed by atoms with E-state index < -0.39 is 0 Å². The van der Waals surface area contributed by atoms with Gasteiger partial charge in [0, 0.05) is 11.5 Å².